The number of nitrogens with zero attached hydrogens (tertiary/aromatic N) is 4. The van der Waals surface area contributed by atoms with E-state index in [1.165, 1.54) is 6.21 Å². The number of anilines is 1. The van der Waals surface area contributed by atoms with Crippen LogP contribution in [0.2, 0.25) is 0 Å². The van der Waals surface area contributed by atoms with Gasteiger partial charge >= 0.3 is 0 Å². The topological polar surface area (TPSA) is 96.1 Å². The molecule has 0 radical (unpaired) electrons. The summed E-state index contributed by atoms with van der Waals surface area (Å²) in [6.07, 6.45) is 6.02. The molecular weight excluding hydrogens is 328 g/mol. The lowest BCUT2D eigenvalue weighted by Crippen LogP contribution is -2.51. The van der Waals surface area contributed by atoms with Crippen molar-refractivity contribution in [3.8, 4) is 6.07 Å². The highest BCUT2D eigenvalue weighted by Gasteiger charge is 2.32. The van der Waals surface area contributed by atoms with Gasteiger partial charge in [-0.3, -0.25) is 4.79 Å². The first kappa shape index (κ1) is 17.9. The summed E-state index contributed by atoms with van der Waals surface area (Å²) in [5.41, 5.74) is 3.23. The van der Waals surface area contributed by atoms with Crippen molar-refractivity contribution in [2.45, 2.75) is 31.7 Å². The first-order valence-electron chi connectivity index (χ1n) is 8.92. The third-order valence-electron chi connectivity index (χ3n) is 5.04. The Morgan fingerprint density at radius 3 is 2.77 bits per heavy atom. The number of rotatable bonds is 6. The van der Waals surface area contributed by atoms with Crippen LogP contribution in [0.25, 0.3) is 5.70 Å². The summed E-state index contributed by atoms with van der Waals surface area (Å²) >= 11 is 0. The van der Waals surface area contributed by atoms with Gasteiger partial charge in [-0.25, -0.2) is 4.98 Å². The van der Waals surface area contributed by atoms with E-state index in [0.717, 1.165) is 36.2 Å². The predicted octanol–water partition coefficient (Wildman–Crippen LogP) is 1.71. The Hall–Kier alpha value is -2.88. The van der Waals surface area contributed by atoms with Crippen molar-refractivity contribution in [1.82, 2.24) is 15.2 Å². The number of nitrogens with one attached hydrogen (secondary N) is 2. The minimum absolute atomic E-state index is 0.0873. The molecule has 1 unspecified atom stereocenters. The number of nitriles is 1. The second-order valence-electron chi connectivity index (χ2n) is 6.81. The summed E-state index contributed by atoms with van der Waals surface area (Å²) in [5, 5.41) is 20.2. The molecule has 1 saturated carbocycles. The molecule has 26 heavy (non-hydrogen) atoms. The van der Waals surface area contributed by atoms with Crippen LogP contribution in [0, 0.1) is 16.7 Å². The van der Waals surface area contributed by atoms with Crippen molar-refractivity contribution in [3.05, 3.63) is 29.0 Å². The Morgan fingerprint density at radius 1 is 1.46 bits per heavy atom. The SMILES string of the molecule is CN/C(=C\C=N)c1cc(C#N)c(N2CCN(C=O)C(C)C2)nc1C1CC1. The van der Waals surface area contributed by atoms with Gasteiger partial charge in [-0.15, -0.1) is 0 Å². The molecular formula is C19H24N6O. The zero-order valence-electron chi connectivity index (χ0n) is 15.2. The highest BCUT2D eigenvalue weighted by Crippen LogP contribution is 2.43. The Balaban J connectivity index is 2.03. The van der Waals surface area contributed by atoms with Gasteiger partial charge in [-0.2, -0.15) is 5.26 Å². The molecule has 1 aliphatic heterocycles. The van der Waals surface area contributed by atoms with E-state index in [2.05, 4.69) is 16.3 Å². The zero-order valence-corrected chi connectivity index (χ0v) is 15.2. The Morgan fingerprint density at radius 2 is 2.23 bits per heavy atom. The molecule has 0 aromatic carbocycles. The van der Waals surface area contributed by atoms with Gasteiger partial charge in [0, 0.05) is 56.1 Å². The number of hydrogen-bond donors (Lipinski definition) is 2. The third kappa shape index (κ3) is 3.40. The average molecular weight is 352 g/mol. The molecule has 1 aromatic rings. The van der Waals surface area contributed by atoms with Crippen LogP contribution in [0.15, 0.2) is 12.1 Å². The normalized spacial score (nSPS) is 20.5. The van der Waals surface area contributed by atoms with Gasteiger partial charge in [0.25, 0.3) is 0 Å². The minimum atomic E-state index is 0.0873. The van der Waals surface area contributed by atoms with Crippen molar-refractivity contribution in [1.29, 1.82) is 10.7 Å². The second kappa shape index (κ2) is 7.56. The molecule has 2 fully saturated rings. The van der Waals surface area contributed by atoms with Gasteiger partial charge in [0.15, 0.2) is 0 Å². The number of hydrogen-bond acceptors (Lipinski definition) is 6. The fourth-order valence-corrected chi connectivity index (χ4v) is 3.44. The third-order valence-corrected chi connectivity index (χ3v) is 5.04. The number of carbonyl (C=O) groups is 1. The number of piperazine rings is 1. The molecule has 1 saturated heterocycles. The van der Waals surface area contributed by atoms with Crippen LogP contribution in [0.1, 0.15) is 42.5 Å². The summed E-state index contributed by atoms with van der Waals surface area (Å²) in [7, 11) is 1.81. The second-order valence-corrected chi connectivity index (χ2v) is 6.81. The number of aromatic nitrogens is 1. The first-order valence-corrected chi connectivity index (χ1v) is 8.92. The molecule has 136 valence electrons. The molecule has 2 N–H and O–H groups in total. The van der Waals surface area contributed by atoms with Crippen LogP contribution in [-0.2, 0) is 4.79 Å². The maximum atomic E-state index is 11.1. The molecule has 1 aliphatic carbocycles. The molecule has 7 heteroatoms. The Kier molecular flexibility index (Phi) is 5.21. The van der Waals surface area contributed by atoms with E-state index in [0.29, 0.717) is 36.9 Å². The largest absolute Gasteiger partial charge is 0.388 e. The van der Waals surface area contributed by atoms with Gasteiger partial charge in [-0.05, 0) is 31.9 Å². The number of carbonyl (C=O) groups excluding carboxylic acids is 1. The maximum absolute atomic E-state index is 11.1. The molecule has 2 heterocycles. The van der Waals surface area contributed by atoms with Crippen LogP contribution in [0.3, 0.4) is 0 Å². The summed E-state index contributed by atoms with van der Waals surface area (Å²) in [4.78, 5) is 19.9. The van der Waals surface area contributed by atoms with Crippen LogP contribution in [-0.4, -0.2) is 55.2 Å². The van der Waals surface area contributed by atoms with Crippen molar-refractivity contribution in [3.63, 3.8) is 0 Å². The first-order chi connectivity index (χ1) is 12.6. The fourth-order valence-electron chi connectivity index (χ4n) is 3.44. The Labute approximate surface area is 153 Å². The summed E-state index contributed by atoms with van der Waals surface area (Å²) in [6.45, 7) is 3.98. The molecule has 7 nitrogen and oxygen atoms in total. The van der Waals surface area contributed by atoms with E-state index in [-0.39, 0.29) is 6.04 Å². The lowest BCUT2D eigenvalue weighted by molar-refractivity contribution is -0.120. The van der Waals surface area contributed by atoms with Crippen molar-refractivity contribution >= 4 is 24.1 Å². The van der Waals surface area contributed by atoms with Gasteiger partial charge in [0.1, 0.15) is 11.9 Å². The lowest BCUT2D eigenvalue weighted by atomic mass is 10.0. The molecule has 1 amide bonds. The Bertz CT molecular complexity index is 777. The monoisotopic (exact) mass is 352 g/mol. The highest BCUT2D eigenvalue weighted by molar-refractivity contribution is 5.83. The van der Waals surface area contributed by atoms with Crippen molar-refractivity contribution in [2.24, 2.45) is 0 Å². The van der Waals surface area contributed by atoms with E-state index in [1.54, 1.807) is 11.0 Å². The maximum Gasteiger partial charge on any atom is 0.210 e. The smallest absolute Gasteiger partial charge is 0.210 e. The quantitative estimate of drug-likeness (QED) is 0.600. The van der Waals surface area contributed by atoms with Gasteiger partial charge < -0.3 is 20.5 Å². The number of amides is 1. The number of pyridine rings is 1. The summed E-state index contributed by atoms with van der Waals surface area (Å²) in [6, 6.07) is 4.26. The summed E-state index contributed by atoms with van der Waals surface area (Å²) < 4.78 is 0. The molecule has 0 bridgehead atoms. The minimum Gasteiger partial charge on any atom is -0.388 e. The fraction of sp³-hybridized carbons (Fsp3) is 0.474. The summed E-state index contributed by atoms with van der Waals surface area (Å²) in [5.74, 6) is 1.12. The number of allylic oxidation sites excluding steroid dienone is 1. The van der Waals surface area contributed by atoms with E-state index in [1.807, 2.05) is 20.0 Å². The molecule has 2 aliphatic rings. The van der Waals surface area contributed by atoms with E-state index in [4.69, 9.17) is 10.4 Å². The highest BCUT2D eigenvalue weighted by atomic mass is 16.1. The molecule has 3 rings (SSSR count). The van der Waals surface area contributed by atoms with Crippen molar-refractivity contribution < 1.29 is 4.79 Å². The van der Waals surface area contributed by atoms with E-state index < -0.39 is 0 Å². The van der Waals surface area contributed by atoms with Crippen LogP contribution < -0.4 is 10.2 Å². The zero-order chi connectivity index (χ0) is 18.7. The standard InChI is InChI=1S/C19H24N6O/c1-13-11-24(7-8-25(13)12-26)19-15(10-21)9-16(17(22-2)5-6-20)18(23-19)14-3-4-14/h5-6,9,12-14,20,22H,3-4,7-8,11H2,1-2H3/b17-5-,20-6?. The van der Waals surface area contributed by atoms with Crippen LogP contribution in [0.4, 0.5) is 5.82 Å². The van der Waals surface area contributed by atoms with Crippen LogP contribution >= 0.6 is 0 Å². The van der Waals surface area contributed by atoms with E-state index >= 15 is 0 Å². The molecule has 1 aromatic heterocycles. The van der Waals surface area contributed by atoms with Crippen molar-refractivity contribution in [2.75, 3.05) is 31.6 Å². The lowest BCUT2D eigenvalue weighted by Gasteiger charge is -2.39. The molecule has 0 spiro atoms. The van der Waals surface area contributed by atoms with Gasteiger partial charge in [0.2, 0.25) is 6.41 Å². The van der Waals surface area contributed by atoms with Gasteiger partial charge in [0.05, 0.1) is 11.3 Å². The predicted molar refractivity (Wildman–Crippen MR) is 101 cm³/mol. The van der Waals surface area contributed by atoms with E-state index in [9.17, 15) is 10.1 Å². The van der Waals surface area contributed by atoms with Crippen LogP contribution in [0.5, 0.6) is 0 Å². The average Bonchev–Trinajstić information content (AvgIpc) is 3.50. The van der Waals surface area contributed by atoms with Gasteiger partial charge in [-0.1, -0.05) is 0 Å². The molecule has 1 atom stereocenters.